The molecule has 0 atom stereocenters. The Morgan fingerprint density at radius 3 is 2.12 bits per heavy atom. The Hall–Kier alpha value is -4.42. The molecule has 0 radical (unpaired) electrons. The molecule has 0 aliphatic heterocycles. The first-order chi connectivity index (χ1) is 19.4. The van der Waals surface area contributed by atoms with Gasteiger partial charge in [-0.05, 0) is 48.4 Å². The van der Waals surface area contributed by atoms with Crippen molar-refractivity contribution in [3.63, 3.8) is 0 Å². The summed E-state index contributed by atoms with van der Waals surface area (Å²) < 4.78 is 31.7. The van der Waals surface area contributed by atoms with Gasteiger partial charge in [0.25, 0.3) is 0 Å². The molecule has 0 bridgehead atoms. The summed E-state index contributed by atoms with van der Waals surface area (Å²) in [6.45, 7) is 1.77. The normalized spacial score (nSPS) is 10.6. The molecule has 0 aliphatic rings. The van der Waals surface area contributed by atoms with Gasteiger partial charge >= 0.3 is 18.1 Å². The molecule has 0 unspecified atom stereocenters. The summed E-state index contributed by atoms with van der Waals surface area (Å²) in [4.78, 5) is 43.8. The summed E-state index contributed by atoms with van der Waals surface area (Å²) in [6, 6.07) is 21.8. The second kappa shape index (κ2) is 16.0. The van der Waals surface area contributed by atoms with Gasteiger partial charge in [-0.2, -0.15) is 13.2 Å². The molecule has 0 heterocycles. The number of amides is 2. The summed E-state index contributed by atoms with van der Waals surface area (Å²) in [5.74, 6) is -4.74. The van der Waals surface area contributed by atoms with E-state index in [0.29, 0.717) is 36.8 Å². The van der Waals surface area contributed by atoms with E-state index >= 15 is 0 Å². The van der Waals surface area contributed by atoms with Crippen LogP contribution >= 0.6 is 11.6 Å². The highest BCUT2D eigenvalue weighted by Crippen LogP contribution is 2.28. The number of hydrogen-bond donors (Lipinski definition) is 5. The molecule has 3 aromatic carbocycles. The van der Waals surface area contributed by atoms with Crippen LogP contribution in [0.15, 0.2) is 72.8 Å². The number of rotatable bonds is 11. The summed E-state index contributed by atoms with van der Waals surface area (Å²) in [5, 5.41) is 25.4. The van der Waals surface area contributed by atoms with Crippen LogP contribution in [0.2, 0.25) is 5.02 Å². The molecule has 0 aliphatic carbocycles. The van der Waals surface area contributed by atoms with Gasteiger partial charge in [-0.3, -0.25) is 9.59 Å². The summed E-state index contributed by atoms with van der Waals surface area (Å²) >= 11 is 6.44. The summed E-state index contributed by atoms with van der Waals surface area (Å²) in [6.07, 6.45) is -4.72. The molecule has 0 saturated heterocycles. The van der Waals surface area contributed by atoms with Crippen molar-refractivity contribution in [2.45, 2.75) is 25.6 Å². The van der Waals surface area contributed by atoms with Crippen LogP contribution in [0.4, 0.5) is 18.9 Å². The topological polar surface area (TPSA) is 145 Å². The van der Waals surface area contributed by atoms with Crippen LogP contribution in [-0.4, -0.2) is 53.2 Å². The lowest BCUT2D eigenvalue weighted by Gasteiger charge is -2.10. The third-order valence-corrected chi connectivity index (χ3v) is 5.57. The number of anilines is 1. The van der Waals surface area contributed by atoms with E-state index in [1.807, 2.05) is 48.5 Å². The Bertz CT molecular complexity index is 1350. The standard InChI is InChI=1S/C26H26ClN3O4.C2HF3O2/c27-23-14-18(10-11-22(23)19-6-2-1-3-7-19)17-28-12-5-13-29-24(31)16-25(32)30-21-9-4-8-20(15-21)26(33)34;3-2(4,5)1(6)7/h1-4,6-11,14-15,28H,5,12-13,16-17H2,(H,29,31)(H,30,32)(H,33,34);(H,6,7). The molecule has 9 nitrogen and oxygen atoms in total. The molecule has 0 saturated carbocycles. The number of hydrogen-bond acceptors (Lipinski definition) is 5. The quantitative estimate of drug-likeness (QED) is 0.156. The van der Waals surface area contributed by atoms with Gasteiger partial charge in [0.05, 0.1) is 5.56 Å². The van der Waals surface area contributed by atoms with Crippen molar-refractivity contribution in [1.82, 2.24) is 10.6 Å². The van der Waals surface area contributed by atoms with Gasteiger partial charge in [-0.15, -0.1) is 0 Å². The van der Waals surface area contributed by atoms with Gasteiger partial charge in [-0.1, -0.05) is 60.1 Å². The van der Waals surface area contributed by atoms with Gasteiger partial charge < -0.3 is 26.2 Å². The fourth-order valence-corrected chi connectivity index (χ4v) is 3.65. The Morgan fingerprint density at radius 2 is 1.51 bits per heavy atom. The lowest BCUT2D eigenvalue weighted by atomic mass is 10.0. The number of nitrogens with one attached hydrogen (secondary N) is 3. The molecule has 13 heteroatoms. The Balaban J connectivity index is 0.000000745. The molecule has 5 N–H and O–H groups in total. The van der Waals surface area contributed by atoms with Crippen LogP contribution in [0.5, 0.6) is 0 Å². The van der Waals surface area contributed by atoms with Gasteiger partial charge in [0.1, 0.15) is 6.42 Å². The highest BCUT2D eigenvalue weighted by atomic mass is 35.5. The maximum atomic E-state index is 12.0. The van der Waals surface area contributed by atoms with Crippen molar-refractivity contribution >= 4 is 41.0 Å². The average molecular weight is 594 g/mol. The number of aliphatic carboxylic acids is 1. The number of carbonyl (C=O) groups is 4. The molecule has 3 aromatic rings. The molecule has 2 amide bonds. The number of alkyl halides is 3. The first-order valence-electron chi connectivity index (χ1n) is 12.1. The maximum absolute atomic E-state index is 12.0. The van der Waals surface area contributed by atoms with Crippen molar-refractivity contribution < 1.29 is 42.6 Å². The molecular formula is C28H27ClF3N3O6. The fraction of sp³-hybridized carbons (Fsp3) is 0.214. The van der Waals surface area contributed by atoms with Crippen molar-refractivity contribution in [3.8, 4) is 11.1 Å². The van der Waals surface area contributed by atoms with Gasteiger partial charge in [0, 0.05) is 29.4 Å². The van der Waals surface area contributed by atoms with E-state index in [0.717, 1.165) is 16.7 Å². The second-order valence-electron chi connectivity index (χ2n) is 8.47. The predicted octanol–water partition coefficient (Wildman–Crippen LogP) is 4.96. The third kappa shape index (κ3) is 12.1. The fourth-order valence-electron chi connectivity index (χ4n) is 3.34. The average Bonchev–Trinajstić information content (AvgIpc) is 2.91. The van der Waals surface area contributed by atoms with E-state index in [2.05, 4.69) is 16.0 Å². The van der Waals surface area contributed by atoms with E-state index in [-0.39, 0.29) is 12.0 Å². The first kappa shape index (κ1) is 32.8. The van der Waals surface area contributed by atoms with Crippen LogP contribution in [0.25, 0.3) is 11.1 Å². The van der Waals surface area contributed by atoms with Gasteiger partial charge in [0.15, 0.2) is 0 Å². The van der Waals surface area contributed by atoms with Crippen LogP contribution < -0.4 is 16.0 Å². The van der Waals surface area contributed by atoms with Crippen molar-refractivity contribution in [2.24, 2.45) is 0 Å². The zero-order valence-electron chi connectivity index (χ0n) is 21.5. The number of aromatic carboxylic acids is 1. The third-order valence-electron chi connectivity index (χ3n) is 5.26. The van der Waals surface area contributed by atoms with Crippen LogP contribution in [0.3, 0.4) is 0 Å². The largest absolute Gasteiger partial charge is 0.490 e. The van der Waals surface area contributed by atoms with E-state index < -0.39 is 29.9 Å². The number of carboxylic acid groups (broad SMARTS) is 2. The molecule has 3 rings (SSSR count). The monoisotopic (exact) mass is 593 g/mol. The van der Waals surface area contributed by atoms with Gasteiger partial charge in [-0.25, -0.2) is 9.59 Å². The van der Waals surface area contributed by atoms with E-state index in [1.54, 1.807) is 6.07 Å². The minimum absolute atomic E-state index is 0.0594. The van der Waals surface area contributed by atoms with Gasteiger partial charge in [0.2, 0.25) is 11.8 Å². The minimum atomic E-state index is -5.08. The van der Waals surface area contributed by atoms with Crippen molar-refractivity contribution in [3.05, 3.63) is 88.9 Å². The number of carbonyl (C=O) groups excluding carboxylic acids is 2. The zero-order chi connectivity index (χ0) is 30.4. The number of benzene rings is 3. The Labute approximate surface area is 238 Å². The Morgan fingerprint density at radius 1 is 0.829 bits per heavy atom. The molecule has 0 aromatic heterocycles. The van der Waals surface area contributed by atoms with E-state index in [4.69, 9.17) is 26.6 Å². The van der Waals surface area contributed by atoms with Crippen LogP contribution in [-0.2, 0) is 20.9 Å². The molecule has 218 valence electrons. The smallest absolute Gasteiger partial charge is 0.478 e. The molecule has 41 heavy (non-hydrogen) atoms. The second-order valence-corrected chi connectivity index (χ2v) is 8.88. The lowest BCUT2D eigenvalue weighted by molar-refractivity contribution is -0.192. The van der Waals surface area contributed by atoms with E-state index in [9.17, 15) is 27.6 Å². The highest BCUT2D eigenvalue weighted by molar-refractivity contribution is 6.33. The SMILES string of the molecule is O=C(CC(=O)Nc1cccc(C(=O)O)c1)NCCCNCc1ccc(-c2ccccc2)c(Cl)c1.O=C(O)C(F)(F)F. The molecule has 0 spiro atoms. The Kier molecular flexibility index (Phi) is 12.8. The van der Waals surface area contributed by atoms with Crippen LogP contribution in [0.1, 0.15) is 28.8 Å². The minimum Gasteiger partial charge on any atom is -0.478 e. The summed E-state index contributed by atoms with van der Waals surface area (Å²) in [7, 11) is 0. The molecule has 0 fully saturated rings. The first-order valence-corrected chi connectivity index (χ1v) is 12.5. The lowest BCUT2D eigenvalue weighted by Crippen LogP contribution is -2.30. The number of halogens is 4. The van der Waals surface area contributed by atoms with Crippen LogP contribution in [0, 0.1) is 0 Å². The van der Waals surface area contributed by atoms with Crippen molar-refractivity contribution in [2.75, 3.05) is 18.4 Å². The van der Waals surface area contributed by atoms with Crippen molar-refractivity contribution in [1.29, 1.82) is 0 Å². The van der Waals surface area contributed by atoms with E-state index in [1.165, 1.54) is 18.2 Å². The number of carboxylic acids is 2. The predicted molar refractivity (Wildman–Crippen MR) is 147 cm³/mol. The highest BCUT2D eigenvalue weighted by Gasteiger charge is 2.38. The summed E-state index contributed by atoms with van der Waals surface area (Å²) in [5.41, 5.74) is 3.53. The molecular weight excluding hydrogens is 567 g/mol. The zero-order valence-corrected chi connectivity index (χ0v) is 22.3. The maximum Gasteiger partial charge on any atom is 0.490 e.